The lowest BCUT2D eigenvalue weighted by atomic mass is 9.97. The number of benzene rings is 1. The lowest BCUT2D eigenvalue weighted by Gasteiger charge is -2.29. The van der Waals surface area contributed by atoms with Gasteiger partial charge in [-0.3, -0.25) is 14.9 Å². The molecule has 2 aliphatic heterocycles. The molecule has 27 heavy (non-hydrogen) atoms. The fraction of sp³-hybridized carbons (Fsp3) is 0.522. The largest absolute Gasteiger partial charge is 0.299 e. The van der Waals surface area contributed by atoms with Crippen LogP contribution in [0.1, 0.15) is 50.2 Å². The van der Waals surface area contributed by atoms with E-state index in [9.17, 15) is 0 Å². The van der Waals surface area contributed by atoms with Crippen LogP contribution in [0.25, 0.3) is 0 Å². The zero-order chi connectivity index (χ0) is 19.2. The molecule has 4 nitrogen and oxygen atoms in total. The van der Waals surface area contributed by atoms with Gasteiger partial charge in [0.15, 0.2) is 0 Å². The summed E-state index contributed by atoms with van der Waals surface area (Å²) in [6, 6.07) is 6.78. The van der Waals surface area contributed by atoms with Crippen LogP contribution >= 0.6 is 0 Å². The Bertz CT molecular complexity index is 732. The number of allylic oxidation sites excluding steroid dienone is 2. The number of likely N-dealkylation sites (tertiary alicyclic amines) is 1. The first-order valence-corrected chi connectivity index (χ1v) is 10.3. The number of fused-ring (bicyclic) bond motifs is 1. The van der Waals surface area contributed by atoms with Crippen molar-refractivity contribution in [2.24, 2.45) is 10.8 Å². The van der Waals surface area contributed by atoms with E-state index in [1.54, 1.807) is 5.01 Å². The van der Waals surface area contributed by atoms with E-state index in [4.69, 9.17) is 5.84 Å². The molecule has 0 radical (unpaired) electrons. The lowest BCUT2D eigenvalue weighted by Crippen LogP contribution is -2.36. The molecule has 2 N–H and O–H groups in total. The smallest absolute Gasteiger partial charge is 0.0606 e. The highest BCUT2D eigenvalue weighted by Gasteiger charge is 2.19. The monoisotopic (exact) mass is 366 g/mol. The van der Waals surface area contributed by atoms with Gasteiger partial charge in [-0.05, 0) is 68.3 Å². The molecule has 0 unspecified atom stereocenters. The van der Waals surface area contributed by atoms with Gasteiger partial charge in [-0.1, -0.05) is 31.2 Å². The first kappa shape index (κ1) is 19.8. The SMILES string of the molecule is C=C1CCc2ccc(CCCCCN3CCC(=NC)/C(=C\C)C3)cc2N1N. The minimum atomic E-state index is 0.958. The Morgan fingerprint density at radius 3 is 2.81 bits per heavy atom. The number of anilines is 1. The minimum Gasteiger partial charge on any atom is -0.299 e. The van der Waals surface area contributed by atoms with Crippen molar-refractivity contribution >= 4 is 11.4 Å². The third-order valence-electron chi connectivity index (χ3n) is 5.92. The van der Waals surface area contributed by atoms with E-state index in [2.05, 4.69) is 47.7 Å². The Balaban J connectivity index is 1.42. The van der Waals surface area contributed by atoms with Gasteiger partial charge in [0.25, 0.3) is 0 Å². The van der Waals surface area contributed by atoms with Crippen molar-refractivity contribution in [2.45, 2.75) is 51.9 Å². The molecule has 2 aliphatic rings. The van der Waals surface area contributed by atoms with Crippen molar-refractivity contribution < 1.29 is 0 Å². The molecular formula is C23H34N4. The molecule has 4 heteroatoms. The molecule has 0 aromatic heterocycles. The van der Waals surface area contributed by atoms with Gasteiger partial charge in [0.2, 0.25) is 0 Å². The second-order valence-electron chi connectivity index (χ2n) is 7.72. The van der Waals surface area contributed by atoms with Crippen LogP contribution in [0.3, 0.4) is 0 Å². The Morgan fingerprint density at radius 2 is 2.04 bits per heavy atom. The Labute approximate surface area is 164 Å². The molecule has 2 heterocycles. The number of hydrogen-bond acceptors (Lipinski definition) is 4. The summed E-state index contributed by atoms with van der Waals surface area (Å²) in [6.45, 7) is 9.58. The van der Waals surface area contributed by atoms with Crippen LogP contribution in [0, 0.1) is 0 Å². The Kier molecular flexibility index (Phi) is 6.86. The number of rotatable bonds is 6. The fourth-order valence-corrected chi connectivity index (χ4v) is 4.15. The maximum Gasteiger partial charge on any atom is 0.0606 e. The van der Waals surface area contributed by atoms with Crippen molar-refractivity contribution in [1.29, 1.82) is 0 Å². The van der Waals surface area contributed by atoms with Crippen LogP contribution < -0.4 is 10.9 Å². The predicted octanol–water partition coefficient (Wildman–Crippen LogP) is 4.26. The third-order valence-corrected chi connectivity index (χ3v) is 5.92. The van der Waals surface area contributed by atoms with Gasteiger partial charge in [0.05, 0.1) is 5.69 Å². The molecule has 1 aromatic carbocycles. The van der Waals surface area contributed by atoms with Gasteiger partial charge in [-0.25, -0.2) is 5.84 Å². The second kappa shape index (κ2) is 9.34. The quantitative estimate of drug-likeness (QED) is 0.604. The van der Waals surface area contributed by atoms with Crippen LogP contribution in [-0.2, 0) is 12.8 Å². The molecule has 0 atom stereocenters. The number of piperidine rings is 1. The van der Waals surface area contributed by atoms with Crippen LogP contribution in [0.2, 0.25) is 0 Å². The van der Waals surface area contributed by atoms with E-state index in [-0.39, 0.29) is 0 Å². The summed E-state index contributed by atoms with van der Waals surface area (Å²) < 4.78 is 0. The third kappa shape index (κ3) is 4.88. The average molecular weight is 367 g/mol. The molecular weight excluding hydrogens is 332 g/mol. The summed E-state index contributed by atoms with van der Waals surface area (Å²) in [5.41, 5.74) is 7.58. The molecule has 1 saturated heterocycles. The highest BCUT2D eigenvalue weighted by Crippen LogP contribution is 2.30. The summed E-state index contributed by atoms with van der Waals surface area (Å²) in [4.78, 5) is 6.99. The summed E-state index contributed by atoms with van der Waals surface area (Å²) in [5, 5.41) is 1.77. The van der Waals surface area contributed by atoms with Crippen LogP contribution in [0.5, 0.6) is 0 Å². The van der Waals surface area contributed by atoms with Crippen LogP contribution in [-0.4, -0.2) is 37.3 Å². The topological polar surface area (TPSA) is 44.9 Å². The van der Waals surface area contributed by atoms with Crippen LogP contribution in [0.4, 0.5) is 5.69 Å². The first-order valence-electron chi connectivity index (χ1n) is 10.3. The molecule has 3 rings (SSSR count). The maximum atomic E-state index is 6.18. The zero-order valence-corrected chi connectivity index (χ0v) is 17.0. The molecule has 0 saturated carbocycles. The van der Waals surface area contributed by atoms with E-state index in [0.29, 0.717) is 0 Å². The number of aryl methyl sites for hydroxylation is 2. The fourth-order valence-electron chi connectivity index (χ4n) is 4.15. The number of hydrazine groups is 1. The van der Waals surface area contributed by atoms with Crippen LogP contribution in [0.15, 0.2) is 47.1 Å². The van der Waals surface area contributed by atoms with Crippen molar-refractivity contribution in [2.75, 3.05) is 31.7 Å². The van der Waals surface area contributed by atoms with E-state index >= 15 is 0 Å². The standard InChI is InChI=1S/C23H34N4/c1-4-20-17-26(15-13-22(20)25-3)14-7-5-6-8-19-10-12-21-11-9-18(2)27(24)23(21)16-19/h4,10,12,16H,2,5-9,11,13-15,17,24H2,1,3H3/b20-4-,25-22?. The van der Waals surface area contributed by atoms with Gasteiger partial charge >= 0.3 is 0 Å². The molecule has 1 fully saturated rings. The minimum absolute atomic E-state index is 0.958. The molecule has 1 aromatic rings. The van der Waals surface area contributed by atoms with E-state index in [1.165, 1.54) is 48.2 Å². The van der Waals surface area contributed by atoms with E-state index in [1.807, 2.05) is 7.05 Å². The summed E-state index contributed by atoms with van der Waals surface area (Å²) in [7, 11) is 1.91. The molecule has 146 valence electrons. The Morgan fingerprint density at radius 1 is 1.19 bits per heavy atom. The van der Waals surface area contributed by atoms with Gasteiger partial charge in [-0.15, -0.1) is 0 Å². The van der Waals surface area contributed by atoms with Crippen molar-refractivity contribution in [1.82, 2.24) is 4.90 Å². The summed E-state index contributed by atoms with van der Waals surface area (Å²) >= 11 is 0. The van der Waals surface area contributed by atoms with Gasteiger partial charge in [0.1, 0.15) is 0 Å². The van der Waals surface area contributed by atoms with Gasteiger partial charge in [-0.2, -0.15) is 0 Å². The van der Waals surface area contributed by atoms with Gasteiger partial charge in [0, 0.05) is 38.0 Å². The summed E-state index contributed by atoms with van der Waals surface area (Å²) in [5.74, 6) is 6.18. The summed E-state index contributed by atoms with van der Waals surface area (Å²) in [6.07, 6.45) is 10.2. The zero-order valence-electron chi connectivity index (χ0n) is 17.0. The number of hydrogen-bond donors (Lipinski definition) is 1. The van der Waals surface area contributed by atoms with E-state index < -0.39 is 0 Å². The second-order valence-corrected chi connectivity index (χ2v) is 7.72. The van der Waals surface area contributed by atoms with Crippen molar-refractivity contribution in [3.63, 3.8) is 0 Å². The highest BCUT2D eigenvalue weighted by molar-refractivity contribution is 6.01. The first-order chi connectivity index (χ1) is 13.1. The Hall–Kier alpha value is -1.91. The molecule has 0 bridgehead atoms. The van der Waals surface area contributed by atoms with Gasteiger partial charge < -0.3 is 0 Å². The van der Waals surface area contributed by atoms with E-state index in [0.717, 1.165) is 50.2 Å². The van der Waals surface area contributed by atoms with Crippen molar-refractivity contribution in [3.8, 4) is 0 Å². The number of nitrogens with zero attached hydrogens (tertiary/aromatic N) is 3. The maximum absolute atomic E-state index is 6.18. The van der Waals surface area contributed by atoms with Crippen molar-refractivity contribution in [3.05, 3.63) is 53.3 Å². The number of unbranched alkanes of at least 4 members (excludes halogenated alkanes) is 2. The number of aliphatic imine (C=N–C) groups is 1. The highest BCUT2D eigenvalue weighted by atomic mass is 15.4. The molecule has 0 amide bonds. The average Bonchev–Trinajstić information content (AvgIpc) is 2.70. The lowest BCUT2D eigenvalue weighted by molar-refractivity contribution is 0.290. The predicted molar refractivity (Wildman–Crippen MR) is 116 cm³/mol. The normalized spacial score (nSPS) is 21.1. The molecule has 0 spiro atoms. The molecule has 0 aliphatic carbocycles. The number of nitrogens with two attached hydrogens (primary N) is 1.